The Kier molecular flexibility index (Phi) is 9.81. The highest BCUT2D eigenvalue weighted by molar-refractivity contribution is 7.98. The molecule has 0 aliphatic heterocycles. The fraction of sp³-hybridized carbons (Fsp3) is 0.381. The van der Waals surface area contributed by atoms with E-state index in [2.05, 4.69) is 5.32 Å². The lowest BCUT2D eigenvalue weighted by Gasteiger charge is -2.24. The first-order valence-corrected chi connectivity index (χ1v) is 12.9. The molecule has 9 heteroatoms. The third-order valence-corrected chi connectivity index (χ3v) is 6.73. The summed E-state index contributed by atoms with van der Waals surface area (Å²) in [6, 6.07) is 14.6. The van der Waals surface area contributed by atoms with Gasteiger partial charge in [-0.15, -0.1) is 0 Å². The summed E-state index contributed by atoms with van der Waals surface area (Å²) < 4.78 is 31.0. The van der Waals surface area contributed by atoms with Gasteiger partial charge in [-0.2, -0.15) is 11.8 Å². The number of thioether (sulfide) groups is 1. The molecule has 0 radical (unpaired) electrons. The van der Waals surface area contributed by atoms with Crippen LogP contribution in [0.2, 0.25) is 5.02 Å². The number of carbonyl (C=O) groups excluding carboxylic acids is 1. The Bertz CT molecular complexity index is 921. The van der Waals surface area contributed by atoms with Crippen LogP contribution in [0.25, 0.3) is 0 Å². The smallest absolute Gasteiger partial charge is 0.232 e. The summed E-state index contributed by atoms with van der Waals surface area (Å²) in [4.78, 5) is 12.1. The molecule has 0 aliphatic rings. The molecule has 0 atom stereocenters. The minimum absolute atomic E-state index is 0.0874. The maximum atomic E-state index is 12.2. The van der Waals surface area contributed by atoms with Gasteiger partial charge in [-0.3, -0.25) is 9.10 Å². The van der Waals surface area contributed by atoms with Crippen molar-refractivity contribution in [2.24, 2.45) is 0 Å². The second-order valence-corrected chi connectivity index (χ2v) is 10.1. The molecule has 6 nitrogen and oxygen atoms in total. The number of amides is 1. The van der Waals surface area contributed by atoms with Crippen molar-refractivity contribution in [2.75, 3.05) is 36.5 Å². The number of para-hydroxylation sites is 2. The van der Waals surface area contributed by atoms with Crippen LogP contribution in [-0.2, 0) is 20.6 Å². The minimum atomic E-state index is -3.49. The Morgan fingerprint density at radius 3 is 2.53 bits per heavy atom. The second kappa shape index (κ2) is 12.1. The molecule has 0 aliphatic carbocycles. The number of anilines is 1. The van der Waals surface area contributed by atoms with Gasteiger partial charge in [0.1, 0.15) is 5.75 Å². The van der Waals surface area contributed by atoms with Crippen LogP contribution in [0.4, 0.5) is 5.69 Å². The number of benzene rings is 2. The number of halogens is 1. The second-order valence-electron chi connectivity index (χ2n) is 6.64. The molecular weight excluding hydrogens is 444 g/mol. The number of carbonyl (C=O) groups is 1. The van der Waals surface area contributed by atoms with E-state index in [0.717, 1.165) is 22.8 Å². The minimum Gasteiger partial charge on any atom is -0.495 e. The third-order valence-electron chi connectivity index (χ3n) is 4.27. The lowest BCUT2D eigenvalue weighted by atomic mass is 10.2. The lowest BCUT2D eigenvalue weighted by molar-refractivity contribution is -0.121. The number of nitrogens with one attached hydrogen (secondary N) is 1. The van der Waals surface area contributed by atoms with Crippen molar-refractivity contribution in [3.63, 3.8) is 0 Å². The Hall–Kier alpha value is -1.90. The first-order valence-electron chi connectivity index (χ1n) is 9.51. The molecule has 2 aromatic carbocycles. The zero-order chi connectivity index (χ0) is 22.0. The van der Waals surface area contributed by atoms with E-state index in [1.165, 1.54) is 17.0 Å². The van der Waals surface area contributed by atoms with E-state index in [1.54, 1.807) is 36.0 Å². The topological polar surface area (TPSA) is 75.7 Å². The van der Waals surface area contributed by atoms with Gasteiger partial charge in [0, 0.05) is 36.0 Å². The summed E-state index contributed by atoms with van der Waals surface area (Å²) in [7, 11) is -1.99. The van der Waals surface area contributed by atoms with E-state index in [-0.39, 0.29) is 18.9 Å². The first-order chi connectivity index (χ1) is 14.3. The lowest BCUT2D eigenvalue weighted by Crippen LogP contribution is -2.32. The van der Waals surface area contributed by atoms with Crippen molar-refractivity contribution in [3.8, 4) is 5.75 Å². The van der Waals surface area contributed by atoms with E-state index in [9.17, 15) is 13.2 Å². The van der Waals surface area contributed by atoms with Gasteiger partial charge >= 0.3 is 0 Å². The van der Waals surface area contributed by atoms with Crippen molar-refractivity contribution in [1.29, 1.82) is 0 Å². The summed E-state index contributed by atoms with van der Waals surface area (Å²) in [5.41, 5.74) is 1.66. The molecular formula is C21H27ClN2O4S2. The maximum absolute atomic E-state index is 12.2. The number of ether oxygens (including phenoxy) is 1. The number of sulfonamides is 1. The molecule has 1 amide bonds. The highest BCUT2D eigenvalue weighted by Crippen LogP contribution is 2.29. The molecule has 164 valence electrons. The van der Waals surface area contributed by atoms with Crippen LogP contribution in [0, 0.1) is 0 Å². The molecule has 30 heavy (non-hydrogen) atoms. The van der Waals surface area contributed by atoms with Crippen molar-refractivity contribution in [1.82, 2.24) is 5.32 Å². The number of methoxy groups -OCH3 is 1. The third kappa shape index (κ3) is 8.08. The van der Waals surface area contributed by atoms with Gasteiger partial charge in [0.05, 0.1) is 19.1 Å². The molecule has 2 aromatic rings. The molecule has 1 N–H and O–H groups in total. The number of rotatable bonds is 12. The monoisotopic (exact) mass is 470 g/mol. The molecule has 0 fully saturated rings. The van der Waals surface area contributed by atoms with E-state index in [1.807, 2.05) is 24.3 Å². The molecule has 0 bridgehead atoms. The van der Waals surface area contributed by atoms with Gasteiger partial charge in [-0.05, 0) is 36.2 Å². The van der Waals surface area contributed by atoms with Crippen LogP contribution in [0.5, 0.6) is 5.75 Å². The van der Waals surface area contributed by atoms with Crippen molar-refractivity contribution >= 4 is 45.0 Å². The Morgan fingerprint density at radius 2 is 1.87 bits per heavy atom. The van der Waals surface area contributed by atoms with Crippen LogP contribution in [0.3, 0.4) is 0 Å². The zero-order valence-electron chi connectivity index (χ0n) is 17.1. The Labute approximate surface area is 188 Å². The van der Waals surface area contributed by atoms with E-state index >= 15 is 0 Å². The van der Waals surface area contributed by atoms with Gasteiger partial charge in [0.25, 0.3) is 0 Å². The van der Waals surface area contributed by atoms with E-state index in [0.29, 0.717) is 24.4 Å². The predicted molar refractivity (Wildman–Crippen MR) is 125 cm³/mol. The van der Waals surface area contributed by atoms with Gasteiger partial charge in [-0.1, -0.05) is 35.9 Å². The summed E-state index contributed by atoms with van der Waals surface area (Å²) >= 11 is 7.60. The summed E-state index contributed by atoms with van der Waals surface area (Å²) in [6.07, 6.45) is 1.81. The standard InChI is InChI=1S/C21H27ClN2O4S2/c1-28-20-7-4-3-6-19(20)24(30(2,26)27)14-5-8-21(25)23-13-15-29-16-17-9-11-18(22)12-10-17/h3-4,6-7,9-12H,5,8,13-16H2,1-2H3,(H,23,25). The van der Waals surface area contributed by atoms with Crippen molar-refractivity contribution in [3.05, 3.63) is 59.1 Å². The molecule has 0 saturated carbocycles. The van der Waals surface area contributed by atoms with Gasteiger partial charge in [0.15, 0.2) is 0 Å². The fourth-order valence-electron chi connectivity index (χ4n) is 2.81. The highest BCUT2D eigenvalue weighted by Gasteiger charge is 2.20. The molecule has 0 spiro atoms. The van der Waals surface area contributed by atoms with Crippen molar-refractivity contribution in [2.45, 2.75) is 18.6 Å². The van der Waals surface area contributed by atoms with Crippen LogP contribution in [-0.4, -0.2) is 46.5 Å². The average Bonchev–Trinajstić information content (AvgIpc) is 2.71. The quantitative estimate of drug-likeness (QED) is 0.475. The van der Waals surface area contributed by atoms with Crippen molar-refractivity contribution < 1.29 is 17.9 Å². The molecule has 2 rings (SSSR count). The number of hydrogen-bond donors (Lipinski definition) is 1. The average molecular weight is 471 g/mol. The Morgan fingerprint density at radius 1 is 1.17 bits per heavy atom. The van der Waals surface area contributed by atoms with Crippen LogP contribution < -0.4 is 14.4 Å². The summed E-state index contributed by atoms with van der Waals surface area (Å²) in [6.45, 7) is 0.775. The molecule has 0 saturated heterocycles. The van der Waals surface area contributed by atoms with E-state index < -0.39 is 10.0 Å². The first kappa shape index (κ1) is 24.4. The molecule has 0 aromatic heterocycles. The summed E-state index contributed by atoms with van der Waals surface area (Å²) in [5.74, 6) is 2.04. The highest BCUT2D eigenvalue weighted by atomic mass is 35.5. The number of hydrogen-bond acceptors (Lipinski definition) is 5. The zero-order valence-corrected chi connectivity index (χ0v) is 19.5. The largest absolute Gasteiger partial charge is 0.495 e. The number of nitrogens with zero attached hydrogens (tertiary/aromatic N) is 1. The van der Waals surface area contributed by atoms with Gasteiger partial charge < -0.3 is 10.1 Å². The SMILES string of the molecule is COc1ccccc1N(CCCC(=O)NCCSCc1ccc(Cl)cc1)S(C)(=O)=O. The maximum Gasteiger partial charge on any atom is 0.232 e. The summed E-state index contributed by atoms with van der Waals surface area (Å²) in [5, 5.41) is 3.60. The predicted octanol–water partition coefficient (Wildman–Crippen LogP) is 3.94. The molecule has 0 unspecified atom stereocenters. The van der Waals surface area contributed by atoms with Gasteiger partial charge in [-0.25, -0.2) is 8.42 Å². The molecule has 0 heterocycles. The van der Waals surface area contributed by atoms with Gasteiger partial charge in [0.2, 0.25) is 15.9 Å². The van der Waals surface area contributed by atoms with Crippen LogP contribution in [0.15, 0.2) is 48.5 Å². The fourth-order valence-corrected chi connectivity index (χ4v) is 4.72. The Balaban J connectivity index is 1.73. The van der Waals surface area contributed by atoms with Crippen LogP contribution >= 0.6 is 23.4 Å². The normalized spacial score (nSPS) is 11.2. The van der Waals surface area contributed by atoms with E-state index in [4.69, 9.17) is 16.3 Å². The van der Waals surface area contributed by atoms with Crippen LogP contribution in [0.1, 0.15) is 18.4 Å².